The molecule has 0 atom stereocenters. The van der Waals surface area contributed by atoms with E-state index in [1.54, 1.807) is 0 Å². The summed E-state index contributed by atoms with van der Waals surface area (Å²) in [5.74, 6) is -0.182. The summed E-state index contributed by atoms with van der Waals surface area (Å²) in [6, 6.07) is 7.67. The molecule has 0 saturated heterocycles. The van der Waals surface area contributed by atoms with Gasteiger partial charge in [-0.3, -0.25) is 10.2 Å². The van der Waals surface area contributed by atoms with Crippen molar-refractivity contribution in [1.82, 2.24) is 9.95 Å². The maximum Gasteiger partial charge on any atom is 0.266 e. The molecule has 21 heavy (non-hydrogen) atoms. The van der Waals surface area contributed by atoms with Gasteiger partial charge < -0.3 is 0 Å². The zero-order valence-corrected chi connectivity index (χ0v) is 14.7. The lowest BCUT2D eigenvalue weighted by atomic mass is 9.87. The Kier molecular flexibility index (Phi) is 5.83. The first-order valence-corrected chi connectivity index (χ1v) is 7.85. The molecule has 0 aliphatic rings. The van der Waals surface area contributed by atoms with E-state index < -0.39 is 0 Å². The van der Waals surface area contributed by atoms with Crippen LogP contribution in [0.1, 0.15) is 70.3 Å². The van der Waals surface area contributed by atoms with Crippen molar-refractivity contribution in [3.8, 4) is 0 Å². The molecular weight excluding hydrogens is 284 g/mol. The molecule has 1 aromatic carbocycles. The van der Waals surface area contributed by atoms with E-state index in [0.29, 0.717) is 5.56 Å². The number of nitrogens with zero attached hydrogens (tertiary/aromatic N) is 1. The summed E-state index contributed by atoms with van der Waals surface area (Å²) in [7, 11) is 0. The maximum absolute atomic E-state index is 12.3. The summed E-state index contributed by atoms with van der Waals surface area (Å²) in [5, 5.41) is 0. The first-order valence-electron chi connectivity index (χ1n) is 7.51. The fourth-order valence-electron chi connectivity index (χ4n) is 1.94. The molecular formula is C17H27ClN2O. The van der Waals surface area contributed by atoms with Crippen LogP contribution in [0.3, 0.4) is 0 Å². The van der Waals surface area contributed by atoms with Gasteiger partial charge in [0.1, 0.15) is 0 Å². The van der Waals surface area contributed by atoms with Gasteiger partial charge in [-0.1, -0.05) is 46.8 Å². The van der Waals surface area contributed by atoms with E-state index in [2.05, 4.69) is 40.0 Å². The molecule has 1 aromatic rings. The van der Waals surface area contributed by atoms with Gasteiger partial charge in [0, 0.05) is 17.3 Å². The predicted octanol–water partition coefficient (Wildman–Crippen LogP) is 4.66. The normalized spacial score (nSPS) is 12.6. The van der Waals surface area contributed by atoms with Crippen LogP contribution in [0.25, 0.3) is 0 Å². The molecule has 1 rings (SSSR count). The molecule has 0 aromatic heterocycles. The Morgan fingerprint density at radius 1 is 1.10 bits per heavy atom. The lowest BCUT2D eigenvalue weighted by Crippen LogP contribution is -2.49. The number of rotatable bonds is 5. The van der Waals surface area contributed by atoms with Crippen molar-refractivity contribution in [2.24, 2.45) is 0 Å². The summed E-state index contributed by atoms with van der Waals surface area (Å²) < 4.78 is 1.41. The third-order valence-electron chi connectivity index (χ3n) is 4.21. The standard InChI is InChI=1S/C17H27ClN2O/c1-7-17(6,8-2)20(18)19-15(21)13-9-11-14(12-10-13)16(3,4)5/h9-12H,7-8H2,1-6H3,(H,19,21). The molecule has 0 aliphatic heterocycles. The minimum atomic E-state index is -0.247. The quantitative estimate of drug-likeness (QED) is 0.633. The molecule has 0 aliphatic carbocycles. The van der Waals surface area contributed by atoms with Crippen LogP contribution in [0.15, 0.2) is 24.3 Å². The monoisotopic (exact) mass is 310 g/mol. The number of hydrogen-bond donors (Lipinski definition) is 1. The van der Waals surface area contributed by atoms with Gasteiger partial charge in [0.2, 0.25) is 0 Å². The lowest BCUT2D eigenvalue weighted by molar-refractivity contribution is 0.0750. The van der Waals surface area contributed by atoms with Gasteiger partial charge in [-0.2, -0.15) is 0 Å². The Morgan fingerprint density at radius 2 is 1.57 bits per heavy atom. The lowest BCUT2D eigenvalue weighted by Gasteiger charge is -2.34. The van der Waals surface area contributed by atoms with Gasteiger partial charge in [0.25, 0.3) is 5.91 Å². The maximum atomic E-state index is 12.3. The third-order valence-corrected chi connectivity index (χ3v) is 4.70. The molecule has 0 bridgehead atoms. The molecule has 0 radical (unpaired) electrons. The van der Waals surface area contributed by atoms with Crippen LogP contribution < -0.4 is 5.43 Å². The zero-order chi connectivity index (χ0) is 16.3. The van der Waals surface area contributed by atoms with E-state index >= 15 is 0 Å². The molecule has 0 spiro atoms. The van der Waals surface area contributed by atoms with Gasteiger partial charge in [0.15, 0.2) is 0 Å². The summed E-state index contributed by atoms with van der Waals surface area (Å²) in [6.07, 6.45) is 1.71. The largest absolute Gasteiger partial charge is 0.270 e. The van der Waals surface area contributed by atoms with Crippen molar-refractivity contribution in [1.29, 1.82) is 0 Å². The second kappa shape index (κ2) is 6.80. The third kappa shape index (κ3) is 4.45. The van der Waals surface area contributed by atoms with Crippen molar-refractivity contribution < 1.29 is 4.79 Å². The molecule has 118 valence electrons. The van der Waals surface area contributed by atoms with Crippen LogP contribution in [0, 0.1) is 0 Å². The first kappa shape index (κ1) is 18.0. The summed E-state index contributed by atoms with van der Waals surface area (Å²) in [4.78, 5) is 12.3. The Balaban J connectivity index is 2.81. The smallest absolute Gasteiger partial charge is 0.266 e. The van der Waals surface area contributed by atoms with Crippen LogP contribution >= 0.6 is 11.8 Å². The second-order valence-corrected chi connectivity index (χ2v) is 7.09. The number of halogens is 1. The molecule has 4 heteroatoms. The Labute approximate surface area is 133 Å². The SMILES string of the molecule is CCC(C)(CC)N(Cl)NC(=O)c1ccc(C(C)(C)C)cc1. The summed E-state index contributed by atoms with van der Waals surface area (Å²) >= 11 is 6.24. The molecule has 3 nitrogen and oxygen atoms in total. The van der Waals surface area contributed by atoms with Gasteiger partial charge in [-0.25, -0.2) is 0 Å². The molecule has 0 unspecified atom stereocenters. The highest BCUT2D eigenvalue weighted by atomic mass is 35.5. The van der Waals surface area contributed by atoms with Crippen LogP contribution in [-0.4, -0.2) is 16.0 Å². The van der Waals surface area contributed by atoms with Crippen molar-refractivity contribution in [3.63, 3.8) is 0 Å². The van der Waals surface area contributed by atoms with Gasteiger partial charge in [-0.05, 0) is 42.9 Å². The summed E-state index contributed by atoms with van der Waals surface area (Å²) in [5.41, 5.74) is 4.41. The van der Waals surface area contributed by atoms with E-state index in [4.69, 9.17) is 11.8 Å². The van der Waals surface area contributed by atoms with Crippen LogP contribution in [0.5, 0.6) is 0 Å². The van der Waals surface area contributed by atoms with E-state index in [0.717, 1.165) is 12.8 Å². The van der Waals surface area contributed by atoms with Crippen molar-refractivity contribution in [2.45, 2.75) is 65.3 Å². The highest BCUT2D eigenvalue weighted by molar-refractivity contribution is 6.14. The predicted molar refractivity (Wildman–Crippen MR) is 89.3 cm³/mol. The highest BCUT2D eigenvalue weighted by Crippen LogP contribution is 2.24. The number of amides is 1. The van der Waals surface area contributed by atoms with E-state index in [1.165, 1.54) is 10.1 Å². The number of hydrogen-bond acceptors (Lipinski definition) is 2. The number of benzene rings is 1. The number of hydrazine groups is 1. The van der Waals surface area contributed by atoms with Crippen LogP contribution in [0.4, 0.5) is 0 Å². The number of carbonyl (C=O) groups excluding carboxylic acids is 1. The summed E-state index contributed by atoms with van der Waals surface area (Å²) in [6.45, 7) is 12.6. The molecule has 0 saturated carbocycles. The topological polar surface area (TPSA) is 32.3 Å². The highest BCUT2D eigenvalue weighted by Gasteiger charge is 2.29. The molecule has 0 heterocycles. The Bertz CT molecular complexity index is 473. The minimum absolute atomic E-state index is 0.0799. The molecule has 1 N–H and O–H groups in total. The first-order chi connectivity index (χ1) is 9.64. The fraction of sp³-hybridized carbons (Fsp3) is 0.588. The molecule has 0 fully saturated rings. The van der Waals surface area contributed by atoms with Crippen LogP contribution in [0.2, 0.25) is 0 Å². The zero-order valence-electron chi connectivity index (χ0n) is 14.0. The number of carbonyl (C=O) groups is 1. The molecule has 1 amide bonds. The van der Waals surface area contributed by atoms with Crippen LogP contribution in [-0.2, 0) is 5.41 Å². The van der Waals surface area contributed by atoms with Crippen molar-refractivity contribution >= 4 is 17.7 Å². The van der Waals surface area contributed by atoms with Gasteiger partial charge in [-0.15, -0.1) is 4.53 Å². The van der Waals surface area contributed by atoms with E-state index in [9.17, 15) is 4.79 Å². The van der Waals surface area contributed by atoms with Gasteiger partial charge in [0.05, 0.1) is 5.54 Å². The Hall–Kier alpha value is -1.06. The number of nitrogens with one attached hydrogen (secondary N) is 1. The van der Waals surface area contributed by atoms with Crippen molar-refractivity contribution in [2.75, 3.05) is 0 Å². The average Bonchev–Trinajstić information content (AvgIpc) is 2.45. The minimum Gasteiger partial charge on any atom is -0.270 e. The second-order valence-electron chi connectivity index (χ2n) is 6.75. The van der Waals surface area contributed by atoms with Crippen molar-refractivity contribution in [3.05, 3.63) is 35.4 Å². The van der Waals surface area contributed by atoms with E-state index in [1.807, 2.05) is 31.2 Å². The average molecular weight is 311 g/mol. The fourth-order valence-corrected chi connectivity index (χ4v) is 2.25. The van der Waals surface area contributed by atoms with E-state index in [-0.39, 0.29) is 16.9 Å². The Morgan fingerprint density at radius 3 is 1.95 bits per heavy atom. The van der Waals surface area contributed by atoms with Gasteiger partial charge >= 0.3 is 0 Å².